The van der Waals surface area contributed by atoms with Crippen molar-refractivity contribution >= 4 is 22.9 Å². The maximum absolute atomic E-state index is 13.7. The fourth-order valence-corrected chi connectivity index (χ4v) is 2.95. The van der Waals surface area contributed by atoms with Crippen LogP contribution in [0.1, 0.15) is 10.4 Å². The van der Waals surface area contributed by atoms with Crippen molar-refractivity contribution in [3.63, 3.8) is 0 Å². The first kappa shape index (κ1) is 13.5. The third-order valence-corrected chi connectivity index (χ3v) is 4.20. The van der Waals surface area contributed by atoms with Crippen molar-refractivity contribution in [3.8, 4) is 0 Å². The molecule has 1 aromatic carbocycles. The predicted molar refractivity (Wildman–Crippen MR) is 76.0 cm³/mol. The van der Waals surface area contributed by atoms with Crippen molar-refractivity contribution < 1.29 is 4.39 Å². The van der Waals surface area contributed by atoms with Gasteiger partial charge in [-0.15, -0.1) is 11.3 Å². The normalized spacial score (nSPS) is 12.6. The Bertz CT molecular complexity index is 478. The molecule has 0 aliphatic carbocycles. The summed E-state index contributed by atoms with van der Waals surface area (Å²) in [5.41, 5.74) is 0.593. The van der Waals surface area contributed by atoms with Crippen LogP contribution in [0.25, 0.3) is 0 Å². The van der Waals surface area contributed by atoms with Gasteiger partial charge in [0, 0.05) is 21.5 Å². The molecule has 0 saturated heterocycles. The molecule has 1 aromatic heterocycles. The average molecular weight is 284 g/mol. The standard InChI is InChI=1S/C14H15ClFNS/c1-17-10(8-11-4-3-7-18-11)9-12-13(15)5-2-6-14(12)16/h2-7,10,17H,8-9H2,1H3. The van der Waals surface area contributed by atoms with E-state index in [0.29, 0.717) is 17.0 Å². The zero-order valence-corrected chi connectivity index (χ0v) is 11.7. The summed E-state index contributed by atoms with van der Waals surface area (Å²) in [6.07, 6.45) is 1.48. The van der Waals surface area contributed by atoms with E-state index in [1.807, 2.05) is 13.1 Å². The van der Waals surface area contributed by atoms with Crippen molar-refractivity contribution in [2.24, 2.45) is 0 Å². The van der Waals surface area contributed by atoms with E-state index >= 15 is 0 Å². The summed E-state index contributed by atoms with van der Waals surface area (Å²) >= 11 is 7.77. The molecule has 1 atom stereocenters. The number of nitrogens with one attached hydrogen (secondary N) is 1. The highest BCUT2D eigenvalue weighted by molar-refractivity contribution is 7.09. The molecule has 2 aromatic rings. The Balaban J connectivity index is 2.10. The molecular formula is C14H15ClFNS. The van der Waals surface area contributed by atoms with E-state index in [0.717, 1.165) is 6.42 Å². The average Bonchev–Trinajstić information content (AvgIpc) is 2.85. The summed E-state index contributed by atoms with van der Waals surface area (Å²) < 4.78 is 13.7. The third-order valence-electron chi connectivity index (χ3n) is 2.95. The molecule has 0 radical (unpaired) electrons. The van der Waals surface area contributed by atoms with Crippen LogP contribution in [0.2, 0.25) is 5.02 Å². The summed E-state index contributed by atoms with van der Waals surface area (Å²) in [6, 6.07) is 9.14. The Morgan fingerprint density at radius 2 is 2.11 bits per heavy atom. The van der Waals surface area contributed by atoms with Gasteiger partial charge in [-0.05, 0) is 43.5 Å². The summed E-state index contributed by atoms with van der Waals surface area (Å²) in [6.45, 7) is 0. The van der Waals surface area contributed by atoms with Crippen molar-refractivity contribution in [1.29, 1.82) is 0 Å². The molecule has 96 valence electrons. The van der Waals surface area contributed by atoms with Crippen LogP contribution in [0.5, 0.6) is 0 Å². The first-order valence-corrected chi connectivity index (χ1v) is 7.09. The number of rotatable bonds is 5. The van der Waals surface area contributed by atoms with Gasteiger partial charge in [-0.25, -0.2) is 4.39 Å². The number of halogens is 2. The van der Waals surface area contributed by atoms with E-state index in [2.05, 4.69) is 16.8 Å². The predicted octanol–water partition coefficient (Wildman–Crippen LogP) is 3.91. The van der Waals surface area contributed by atoms with Gasteiger partial charge < -0.3 is 5.32 Å². The van der Waals surface area contributed by atoms with Crippen molar-refractivity contribution in [2.45, 2.75) is 18.9 Å². The highest BCUT2D eigenvalue weighted by atomic mass is 35.5. The SMILES string of the molecule is CNC(Cc1cccs1)Cc1c(F)cccc1Cl. The van der Waals surface area contributed by atoms with Crippen LogP contribution in [-0.4, -0.2) is 13.1 Å². The van der Waals surface area contributed by atoms with Crippen LogP contribution in [-0.2, 0) is 12.8 Å². The lowest BCUT2D eigenvalue weighted by Gasteiger charge is -2.16. The first-order valence-electron chi connectivity index (χ1n) is 5.83. The number of benzene rings is 1. The van der Waals surface area contributed by atoms with E-state index in [-0.39, 0.29) is 11.9 Å². The second kappa shape index (κ2) is 6.32. The van der Waals surface area contributed by atoms with E-state index in [1.165, 1.54) is 10.9 Å². The summed E-state index contributed by atoms with van der Waals surface area (Å²) in [7, 11) is 1.90. The molecule has 18 heavy (non-hydrogen) atoms. The molecular weight excluding hydrogens is 269 g/mol. The monoisotopic (exact) mass is 283 g/mol. The second-order valence-electron chi connectivity index (χ2n) is 4.17. The number of hydrogen-bond acceptors (Lipinski definition) is 2. The van der Waals surface area contributed by atoms with Gasteiger partial charge in [-0.2, -0.15) is 0 Å². The topological polar surface area (TPSA) is 12.0 Å². The van der Waals surface area contributed by atoms with Crippen molar-refractivity contribution in [2.75, 3.05) is 7.05 Å². The Morgan fingerprint density at radius 1 is 1.28 bits per heavy atom. The van der Waals surface area contributed by atoms with Crippen LogP contribution in [0.3, 0.4) is 0 Å². The van der Waals surface area contributed by atoms with E-state index < -0.39 is 0 Å². The Kier molecular flexibility index (Phi) is 4.75. The van der Waals surface area contributed by atoms with Crippen LogP contribution in [0, 0.1) is 5.82 Å². The molecule has 0 aliphatic rings. The van der Waals surface area contributed by atoms with Crippen LogP contribution < -0.4 is 5.32 Å². The minimum atomic E-state index is -0.228. The number of thiophene rings is 1. The van der Waals surface area contributed by atoms with Crippen LogP contribution in [0.15, 0.2) is 35.7 Å². The zero-order chi connectivity index (χ0) is 13.0. The van der Waals surface area contributed by atoms with Gasteiger partial charge >= 0.3 is 0 Å². The van der Waals surface area contributed by atoms with Gasteiger partial charge in [-0.3, -0.25) is 0 Å². The summed E-state index contributed by atoms with van der Waals surface area (Å²) in [4.78, 5) is 1.29. The highest BCUT2D eigenvalue weighted by Crippen LogP contribution is 2.22. The molecule has 1 N–H and O–H groups in total. The number of hydrogen-bond donors (Lipinski definition) is 1. The van der Waals surface area contributed by atoms with Crippen LogP contribution in [0.4, 0.5) is 4.39 Å². The molecule has 1 unspecified atom stereocenters. The molecule has 0 saturated carbocycles. The van der Waals surface area contributed by atoms with E-state index in [9.17, 15) is 4.39 Å². The molecule has 4 heteroatoms. The van der Waals surface area contributed by atoms with Gasteiger partial charge in [-0.1, -0.05) is 23.7 Å². The largest absolute Gasteiger partial charge is 0.316 e. The zero-order valence-electron chi connectivity index (χ0n) is 10.1. The molecule has 0 bridgehead atoms. The summed E-state index contributed by atoms with van der Waals surface area (Å²) in [5, 5.41) is 5.78. The van der Waals surface area contributed by atoms with Gasteiger partial charge in [0.1, 0.15) is 5.82 Å². The fourth-order valence-electron chi connectivity index (χ4n) is 1.92. The second-order valence-corrected chi connectivity index (χ2v) is 5.61. The van der Waals surface area contributed by atoms with E-state index in [4.69, 9.17) is 11.6 Å². The maximum Gasteiger partial charge on any atom is 0.127 e. The third kappa shape index (κ3) is 3.31. The van der Waals surface area contributed by atoms with Gasteiger partial charge in [0.2, 0.25) is 0 Å². The molecule has 0 aliphatic heterocycles. The molecule has 0 fully saturated rings. The molecule has 0 spiro atoms. The first-order chi connectivity index (χ1) is 8.70. The van der Waals surface area contributed by atoms with Crippen molar-refractivity contribution in [3.05, 3.63) is 57.0 Å². The molecule has 0 amide bonds. The van der Waals surface area contributed by atoms with Gasteiger partial charge in [0.15, 0.2) is 0 Å². The lowest BCUT2D eigenvalue weighted by molar-refractivity contribution is 0.535. The minimum absolute atomic E-state index is 0.193. The lowest BCUT2D eigenvalue weighted by atomic mass is 10.0. The maximum atomic E-state index is 13.7. The molecule has 1 heterocycles. The molecule has 1 nitrogen and oxygen atoms in total. The van der Waals surface area contributed by atoms with Crippen LogP contribution >= 0.6 is 22.9 Å². The highest BCUT2D eigenvalue weighted by Gasteiger charge is 2.14. The number of likely N-dealkylation sites (N-methyl/N-ethyl adjacent to an activating group) is 1. The molecule has 2 rings (SSSR count). The summed E-state index contributed by atoms with van der Waals surface area (Å²) in [5.74, 6) is -0.228. The van der Waals surface area contributed by atoms with E-state index in [1.54, 1.807) is 23.5 Å². The Hall–Kier alpha value is -0.900. The Labute approximate surface area is 116 Å². The Morgan fingerprint density at radius 3 is 2.72 bits per heavy atom. The lowest BCUT2D eigenvalue weighted by Crippen LogP contribution is -2.30. The van der Waals surface area contributed by atoms with Gasteiger partial charge in [0.05, 0.1) is 0 Å². The minimum Gasteiger partial charge on any atom is -0.316 e. The van der Waals surface area contributed by atoms with Gasteiger partial charge in [0.25, 0.3) is 0 Å². The quantitative estimate of drug-likeness (QED) is 0.877. The van der Waals surface area contributed by atoms with Crippen molar-refractivity contribution in [1.82, 2.24) is 5.32 Å². The smallest absolute Gasteiger partial charge is 0.127 e. The fraction of sp³-hybridized carbons (Fsp3) is 0.286.